The van der Waals surface area contributed by atoms with Gasteiger partial charge in [-0.05, 0) is 110 Å². The third-order valence-corrected chi connectivity index (χ3v) is 15.4. The van der Waals surface area contributed by atoms with Crippen LogP contribution in [0.5, 0.6) is 0 Å². The molecule has 286 valence electrons. The van der Waals surface area contributed by atoms with Crippen LogP contribution < -0.4 is 4.90 Å². The van der Waals surface area contributed by atoms with Gasteiger partial charge < -0.3 is 9.32 Å². The zero-order valence-electron chi connectivity index (χ0n) is 33.7. The van der Waals surface area contributed by atoms with E-state index >= 15 is 0 Å². The maximum Gasteiger partial charge on any atom is 0.140 e. The fourth-order valence-corrected chi connectivity index (χ4v) is 12.8. The maximum absolute atomic E-state index is 7.01. The van der Waals surface area contributed by atoms with Crippen LogP contribution >= 0.6 is 11.3 Å². The fourth-order valence-electron chi connectivity index (χ4n) is 11.7. The summed E-state index contributed by atoms with van der Waals surface area (Å²) in [6.07, 6.45) is 0. The van der Waals surface area contributed by atoms with Crippen LogP contribution in [0.25, 0.3) is 75.5 Å². The van der Waals surface area contributed by atoms with Gasteiger partial charge in [-0.1, -0.05) is 147 Å². The Kier molecular flexibility index (Phi) is 6.48. The first-order valence-corrected chi connectivity index (χ1v) is 22.1. The highest BCUT2D eigenvalue weighted by Gasteiger charge is 2.54. The number of para-hydroxylation sites is 1. The minimum absolute atomic E-state index is 0.147. The Hall–Kier alpha value is -7.20. The minimum Gasteiger partial charge on any atom is -0.456 e. The van der Waals surface area contributed by atoms with Crippen molar-refractivity contribution in [2.75, 3.05) is 4.90 Å². The first kappa shape index (κ1) is 33.6. The van der Waals surface area contributed by atoms with E-state index in [-0.39, 0.29) is 5.41 Å². The van der Waals surface area contributed by atoms with E-state index in [0.29, 0.717) is 0 Å². The lowest BCUT2D eigenvalue weighted by atomic mass is 9.70. The Morgan fingerprint density at radius 1 is 0.426 bits per heavy atom. The largest absolute Gasteiger partial charge is 0.456 e. The molecular formula is C58H37NOS. The van der Waals surface area contributed by atoms with Crippen molar-refractivity contribution in [2.24, 2.45) is 0 Å². The summed E-state index contributed by atoms with van der Waals surface area (Å²) in [5.74, 6) is 0. The summed E-state index contributed by atoms with van der Waals surface area (Å²) >= 11 is 1.87. The van der Waals surface area contributed by atoms with Crippen LogP contribution in [-0.2, 0) is 10.8 Å². The van der Waals surface area contributed by atoms with Crippen molar-refractivity contribution in [1.29, 1.82) is 0 Å². The Bertz CT molecular complexity index is 3710. The second kappa shape index (κ2) is 11.8. The van der Waals surface area contributed by atoms with Crippen LogP contribution in [0.4, 0.5) is 17.1 Å². The fraction of sp³-hybridized carbons (Fsp3) is 0.0690. The highest BCUT2D eigenvalue weighted by molar-refractivity contribution is 7.25. The zero-order chi connectivity index (χ0) is 40.2. The van der Waals surface area contributed by atoms with Gasteiger partial charge in [-0.3, -0.25) is 0 Å². The van der Waals surface area contributed by atoms with E-state index in [1.54, 1.807) is 0 Å². The number of thiophene rings is 1. The number of anilines is 3. The van der Waals surface area contributed by atoms with Gasteiger partial charge in [0.1, 0.15) is 11.2 Å². The van der Waals surface area contributed by atoms with E-state index in [1.165, 1.54) is 86.9 Å². The number of fused-ring (bicyclic) bond motifs is 20. The molecular weight excluding hydrogens is 759 g/mol. The molecule has 0 saturated heterocycles. The van der Waals surface area contributed by atoms with E-state index in [9.17, 15) is 0 Å². The normalized spacial score (nSPS) is 16.2. The Balaban J connectivity index is 1.09. The van der Waals surface area contributed by atoms with Gasteiger partial charge in [0.25, 0.3) is 0 Å². The second-order valence-corrected chi connectivity index (χ2v) is 18.6. The van der Waals surface area contributed by atoms with Crippen LogP contribution in [0.1, 0.15) is 47.2 Å². The average Bonchev–Trinajstić information content (AvgIpc) is 4.08. The van der Waals surface area contributed by atoms with Crippen molar-refractivity contribution < 1.29 is 4.42 Å². The van der Waals surface area contributed by atoms with Gasteiger partial charge in [0.2, 0.25) is 0 Å². The molecule has 3 aliphatic rings. The van der Waals surface area contributed by atoms with E-state index < -0.39 is 5.41 Å². The van der Waals surface area contributed by atoms with Crippen molar-refractivity contribution in [3.63, 3.8) is 0 Å². The van der Waals surface area contributed by atoms with E-state index in [2.05, 4.69) is 207 Å². The van der Waals surface area contributed by atoms with Crippen LogP contribution in [-0.4, -0.2) is 0 Å². The summed E-state index contributed by atoms with van der Waals surface area (Å²) in [5, 5.41) is 4.89. The van der Waals surface area contributed by atoms with Crippen LogP contribution in [0, 0.1) is 0 Å². The van der Waals surface area contributed by atoms with Crippen LogP contribution in [0.15, 0.2) is 192 Å². The second-order valence-electron chi connectivity index (χ2n) is 17.5. The summed E-state index contributed by atoms with van der Waals surface area (Å²) in [7, 11) is 0. The molecule has 0 N–H and O–H groups in total. The van der Waals surface area contributed by atoms with Crippen molar-refractivity contribution in [3.05, 3.63) is 221 Å². The SMILES string of the molecule is CC1(C)c2ccccc2-c2ccc(N(c3ccc4sc5ccccc5c4c3)c3cccc4c3-c3ccccc3C43c4ccccc4-c4ccc5c(oc6ccccc65)c43)cc21. The molecule has 0 saturated carbocycles. The Labute approximate surface area is 357 Å². The molecule has 61 heavy (non-hydrogen) atoms. The number of hydrogen-bond donors (Lipinski definition) is 0. The molecule has 0 amide bonds. The summed E-state index contributed by atoms with van der Waals surface area (Å²) in [4.78, 5) is 2.55. The van der Waals surface area contributed by atoms with Crippen molar-refractivity contribution in [3.8, 4) is 33.4 Å². The zero-order valence-corrected chi connectivity index (χ0v) is 34.5. The third-order valence-electron chi connectivity index (χ3n) is 14.3. The maximum atomic E-state index is 7.01. The van der Waals surface area contributed by atoms with Crippen LogP contribution in [0.3, 0.4) is 0 Å². The van der Waals surface area contributed by atoms with Gasteiger partial charge in [0.15, 0.2) is 0 Å². The molecule has 2 nitrogen and oxygen atoms in total. The molecule has 1 atom stereocenters. The number of nitrogens with zero attached hydrogens (tertiary/aromatic N) is 1. The van der Waals surface area contributed by atoms with Gasteiger partial charge in [-0.15, -0.1) is 11.3 Å². The molecule has 0 bridgehead atoms. The topological polar surface area (TPSA) is 16.4 Å². The summed E-state index contributed by atoms with van der Waals surface area (Å²) in [6, 6.07) is 70.4. The molecule has 1 unspecified atom stereocenters. The van der Waals surface area contributed by atoms with Gasteiger partial charge in [-0.25, -0.2) is 0 Å². The monoisotopic (exact) mass is 795 g/mol. The molecule has 0 aliphatic heterocycles. The number of furan rings is 1. The first-order valence-electron chi connectivity index (χ1n) is 21.3. The van der Waals surface area contributed by atoms with Gasteiger partial charge in [-0.2, -0.15) is 0 Å². The summed E-state index contributed by atoms with van der Waals surface area (Å²) in [5.41, 5.74) is 20.1. The quantitative estimate of drug-likeness (QED) is 0.177. The molecule has 2 aromatic heterocycles. The van der Waals surface area contributed by atoms with E-state index in [0.717, 1.165) is 39.0 Å². The number of rotatable bonds is 3. The summed E-state index contributed by atoms with van der Waals surface area (Å²) in [6.45, 7) is 4.76. The van der Waals surface area contributed by atoms with E-state index in [1.807, 2.05) is 11.3 Å². The predicted molar refractivity (Wildman–Crippen MR) is 255 cm³/mol. The van der Waals surface area contributed by atoms with Gasteiger partial charge >= 0.3 is 0 Å². The molecule has 3 heteroatoms. The highest BCUT2D eigenvalue weighted by Crippen LogP contribution is 2.66. The molecule has 11 aromatic rings. The van der Waals surface area contributed by atoms with E-state index in [4.69, 9.17) is 4.42 Å². The molecule has 0 fully saturated rings. The van der Waals surface area contributed by atoms with Crippen molar-refractivity contribution >= 4 is 70.5 Å². The minimum atomic E-state index is -0.595. The lowest BCUT2D eigenvalue weighted by molar-refractivity contribution is 0.652. The summed E-state index contributed by atoms with van der Waals surface area (Å²) < 4.78 is 9.62. The number of benzene rings is 9. The predicted octanol–water partition coefficient (Wildman–Crippen LogP) is 16.1. The average molecular weight is 796 g/mol. The first-order chi connectivity index (χ1) is 30.0. The Morgan fingerprint density at radius 2 is 1.03 bits per heavy atom. The molecule has 9 aromatic carbocycles. The molecule has 2 heterocycles. The lowest BCUT2D eigenvalue weighted by Gasteiger charge is -2.32. The van der Waals surface area contributed by atoms with Crippen LogP contribution in [0.2, 0.25) is 0 Å². The molecule has 3 aliphatic carbocycles. The van der Waals surface area contributed by atoms with Crippen molar-refractivity contribution in [2.45, 2.75) is 24.7 Å². The Morgan fingerprint density at radius 3 is 1.89 bits per heavy atom. The molecule has 1 spiro atoms. The smallest absolute Gasteiger partial charge is 0.140 e. The molecule has 0 radical (unpaired) electrons. The lowest BCUT2D eigenvalue weighted by Crippen LogP contribution is -2.26. The highest BCUT2D eigenvalue weighted by atomic mass is 32.1. The third kappa shape index (κ3) is 4.17. The van der Waals surface area contributed by atoms with Gasteiger partial charge in [0, 0.05) is 58.9 Å². The van der Waals surface area contributed by atoms with Gasteiger partial charge in [0.05, 0.1) is 11.1 Å². The van der Waals surface area contributed by atoms with Crippen molar-refractivity contribution in [1.82, 2.24) is 0 Å². The molecule has 14 rings (SSSR count). The standard InChI is InChI=1S/C58H37NOS/c1-57(2)45-19-8-3-14-36(45)38-28-26-35(33-49(38)57)59(34-27-31-53-44(32-34)40-17-7-12-25-52(40)61-53)50-23-13-22-48-54(50)43-18-5-10-21-47(43)58(48)46-20-9-4-15-37(46)41-29-30-42-39-16-6-11-24-51(39)60-56(42)55(41)58/h3-33H,1-2H3. The number of hydrogen-bond acceptors (Lipinski definition) is 3.